The molecule has 0 atom stereocenters. The van der Waals surface area contributed by atoms with Gasteiger partial charge in [0.2, 0.25) is 0 Å². The number of rotatable bonds is 0. The summed E-state index contributed by atoms with van der Waals surface area (Å²) in [5.41, 5.74) is 8.76. The molecule has 1 heterocycles. The Hall–Kier alpha value is -2.92. The van der Waals surface area contributed by atoms with Crippen molar-refractivity contribution in [2.24, 2.45) is 0 Å². The predicted octanol–water partition coefficient (Wildman–Crippen LogP) is 4.21. The zero-order chi connectivity index (χ0) is 19.4. The van der Waals surface area contributed by atoms with E-state index in [1.807, 2.05) is 36.4 Å². The molecule has 1 nitrogen and oxygen atoms in total. The molecule has 136 valence electrons. The third-order valence-corrected chi connectivity index (χ3v) is 8.95. The average molecular weight is 484 g/mol. The van der Waals surface area contributed by atoms with Gasteiger partial charge in [0, 0.05) is 0 Å². The molecule has 4 aromatic carbocycles. The Morgan fingerprint density at radius 3 is 1.24 bits per heavy atom. The van der Waals surface area contributed by atoms with Crippen LogP contribution in [0.2, 0.25) is 0 Å². The molecule has 0 radical (unpaired) electrons. The maximum absolute atomic E-state index is 13.2. The average Bonchev–Trinajstić information content (AvgIpc) is 2.79. The summed E-state index contributed by atoms with van der Waals surface area (Å²) in [5, 5.41) is 0. The molecule has 0 fully saturated rings. The monoisotopic (exact) mass is 486 g/mol. The van der Waals surface area contributed by atoms with Gasteiger partial charge in [-0.15, -0.1) is 0 Å². The minimum absolute atomic E-state index is 0.117. The molecule has 2 aliphatic rings. The van der Waals surface area contributed by atoms with E-state index in [0.29, 0.717) is 0 Å². The van der Waals surface area contributed by atoms with Crippen molar-refractivity contribution in [3.63, 3.8) is 0 Å². The van der Waals surface area contributed by atoms with Gasteiger partial charge in [-0.1, -0.05) is 0 Å². The summed E-state index contributed by atoms with van der Waals surface area (Å²) >= 11 is -0.431. The van der Waals surface area contributed by atoms with Gasteiger partial charge < -0.3 is 0 Å². The van der Waals surface area contributed by atoms with Gasteiger partial charge in [-0.05, 0) is 0 Å². The van der Waals surface area contributed by atoms with E-state index in [1.54, 1.807) is 0 Å². The molecular formula is C27H16OTe. The molecule has 6 rings (SSSR count). The van der Waals surface area contributed by atoms with Gasteiger partial charge in [0.1, 0.15) is 0 Å². The quantitative estimate of drug-likeness (QED) is 0.296. The molecular weight excluding hydrogens is 468 g/mol. The van der Waals surface area contributed by atoms with E-state index in [2.05, 4.69) is 60.7 Å². The Labute approximate surface area is 179 Å². The third-order valence-electron chi connectivity index (χ3n) is 5.66. The minimum atomic E-state index is -0.431. The Bertz CT molecular complexity index is 1250. The van der Waals surface area contributed by atoms with E-state index >= 15 is 0 Å². The molecule has 0 unspecified atom stereocenters. The molecule has 1 aliphatic carbocycles. The van der Waals surface area contributed by atoms with Crippen molar-refractivity contribution in [2.75, 3.05) is 0 Å². The van der Waals surface area contributed by atoms with Gasteiger partial charge in [0.25, 0.3) is 0 Å². The number of ketones is 1. The van der Waals surface area contributed by atoms with Crippen LogP contribution in [-0.2, 0) is 0 Å². The van der Waals surface area contributed by atoms with Gasteiger partial charge >= 0.3 is 180 Å². The van der Waals surface area contributed by atoms with Crippen molar-refractivity contribution in [1.29, 1.82) is 0 Å². The summed E-state index contributed by atoms with van der Waals surface area (Å²) in [4.78, 5) is 13.2. The molecule has 0 saturated carbocycles. The van der Waals surface area contributed by atoms with Crippen molar-refractivity contribution in [3.05, 3.63) is 130 Å². The van der Waals surface area contributed by atoms with Crippen LogP contribution in [0.5, 0.6) is 0 Å². The number of hydrogen-bond donors (Lipinski definition) is 0. The third kappa shape index (κ3) is 2.50. The van der Waals surface area contributed by atoms with Crippen molar-refractivity contribution in [2.45, 2.75) is 0 Å². The van der Waals surface area contributed by atoms with Crippen molar-refractivity contribution >= 4 is 45.1 Å². The molecule has 2 heteroatoms. The van der Waals surface area contributed by atoms with Crippen LogP contribution in [0.3, 0.4) is 0 Å². The first-order valence-corrected chi connectivity index (χ1v) is 12.0. The van der Waals surface area contributed by atoms with Crippen LogP contribution in [0, 0.1) is 0 Å². The van der Waals surface area contributed by atoms with Crippen LogP contribution in [-0.4, -0.2) is 26.7 Å². The number of carbonyl (C=O) groups is 1. The van der Waals surface area contributed by atoms with E-state index in [9.17, 15) is 4.79 Å². The van der Waals surface area contributed by atoms with Crippen molar-refractivity contribution in [3.8, 4) is 0 Å². The van der Waals surface area contributed by atoms with Gasteiger partial charge in [0.15, 0.2) is 0 Å². The summed E-state index contributed by atoms with van der Waals surface area (Å²) in [5.74, 6) is 0.117. The SMILES string of the molecule is O=C1c2ccccc2C(=C2c3ccccc3[Te]c3ccccc32)c2ccccc21. The zero-order valence-corrected chi connectivity index (χ0v) is 17.9. The van der Waals surface area contributed by atoms with Gasteiger partial charge in [-0.25, -0.2) is 0 Å². The fourth-order valence-electron chi connectivity index (χ4n) is 4.41. The molecule has 1 aliphatic heterocycles. The normalized spacial score (nSPS) is 14.0. The Kier molecular flexibility index (Phi) is 3.84. The Morgan fingerprint density at radius 2 is 0.759 bits per heavy atom. The first kappa shape index (κ1) is 17.0. The van der Waals surface area contributed by atoms with Crippen LogP contribution in [0.15, 0.2) is 97.1 Å². The fourth-order valence-corrected chi connectivity index (χ4v) is 7.53. The molecule has 0 saturated heterocycles. The summed E-state index contributed by atoms with van der Waals surface area (Å²) in [6, 6.07) is 33.7. The fraction of sp³-hybridized carbons (Fsp3) is 0. The first-order valence-electron chi connectivity index (χ1n) is 9.67. The van der Waals surface area contributed by atoms with E-state index < -0.39 is 20.9 Å². The van der Waals surface area contributed by atoms with E-state index in [0.717, 1.165) is 22.3 Å². The van der Waals surface area contributed by atoms with Crippen molar-refractivity contribution < 1.29 is 4.79 Å². The van der Waals surface area contributed by atoms with E-state index in [1.165, 1.54) is 29.5 Å². The standard InChI is InChI=1S/C27H16OTe/c28-27-19-11-3-1-9-17(19)25(18-10-2-4-12-20(18)27)26-21-13-5-7-15-23(21)29-24-16-8-6-14-22(24)26/h1-16H. The maximum atomic E-state index is 13.2. The number of fused-ring (bicyclic) bond motifs is 4. The zero-order valence-electron chi connectivity index (χ0n) is 15.6. The topological polar surface area (TPSA) is 17.1 Å². The Morgan fingerprint density at radius 1 is 0.414 bits per heavy atom. The van der Waals surface area contributed by atoms with Crippen LogP contribution in [0.4, 0.5) is 0 Å². The number of hydrogen-bond acceptors (Lipinski definition) is 1. The summed E-state index contributed by atoms with van der Waals surface area (Å²) in [6.45, 7) is 0. The van der Waals surface area contributed by atoms with Crippen LogP contribution in [0.1, 0.15) is 38.2 Å². The molecule has 0 N–H and O–H groups in total. The Balaban J connectivity index is 1.82. The number of benzene rings is 4. The van der Waals surface area contributed by atoms with Crippen LogP contribution in [0.25, 0.3) is 11.1 Å². The van der Waals surface area contributed by atoms with Crippen LogP contribution < -0.4 is 7.22 Å². The number of carbonyl (C=O) groups excluding carboxylic acids is 1. The second-order valence-corrected chi connectivity index (χ2v) is 10.4. The first-order chi connectivity index (χ1) is 14.3. The van der Waals surface area contributed by atoms with Crippen LogP contribution >= 0.6 is 0 Å². The van der Waals surface area contributed by atoms with E-state index in [-0.39, 0.29) is 5.78 Å². The molecule has 29 heavy (non-hydrogen) atoms. The summed E-state index contributed by atoms with van der Waals surface area (Å²) in [6.07, 6.45) is 0. The molecule has 0 bridgehead atoms. The van der Waals surface area contributed by atoms with Crippen molar-refractivity contribution in [1.82, 2.24) is 0 Å². The van der Waals surface area contributed by atoms with Gasteiger partial charge in [-0.2, -0.15) is 0 Å². The second-order valence-electron chi connectivity index (χ2n) is 7.26. The predicted molar refractivity (Wildman–Crippen MR) is 119 cm³/mol. The van der Waals surface area contributed by atoms with Gasteiger partial charge in [-0.3, -0.25) is 0 Å². The molecule has 0 amide bonds. The van der Waals surface area contributed by atoms with E-state index in [4.69, 9.17) is 0 Å². The molecule has 0 aromatic heterocycles. The molecule has 4 aromatic rings. The summed E-state index contributed by atoms with van der Waals surface area (Å²) < 4.78 is 2.93. The second kappa shape index (κ2) is 6.56. The molecule has 0 spiro atoms. The van der Waals surface area contributed by atoms with Gasteiger partial charge in [0.05, 0.1) is 0 Å². The summed E-state index contributed by atoms with van der Waals surface area (Å²) in [7, 11) is 0.